The molecule has 3 aromatic carbocycles. The van der Waals surface area contributed by atoms with Crippen LogP contribution in [0.25, 0.3) is 10.9 Å². The lowest BCUT2D eigenvalue weighted by molar-refractivity contribution is 0.102. The largest absolute Gasteiger partial charge is 0.346 e. The fourth-order valence-electron chi connectivity index (χ4n) is 4.03. The van der Waals surface area contributed by atoms with E-state index in [0.29, 0.717) is 21.8 Å². The second-order valence-corrected chi connectivity index (χ2v) is 11.1. The van der Waals surface area contributed by atoms with Gasteiger partial charge >= 0.3 is 5.69 Å². The lowest BCUT2D eigenvalue weighted by atomic mass is 10.1. The first kappa shape index (κ1) is 26.4. The van der Waals surface area contributed by atoms with Crippen LogP contribution in [0, 0.1) is 0 Å². The number of nitrogens with one attached hydrogen (secondary N) is 1. The van der Waals surface area contributed by atoms with Crippen LogP contribution in [0.5, 0.6) is 0 Å². The molecule has 0 aliphatic carbocycles. The van der Waals surface area contributed by atoms with Crippen LogP contribution < -0.4 is 16.6 Å². The van der Waals surface area contributed by atoms with Crippen LogP contribution in [0.15, 0.2) is 106 Å². The Labute approximate surface area is 231 Å². The van der Waals surface area contributed by atoms with Crippen LogP contribution in [0.3, 0.4) is 0 Å². The molecule has 5 aromatic rings. The maximum Gasteiger partial charge on any atom is 0.346 e. The number of hydrogen-bond donors (Lipinski definition) is 1. The number of anilines is 1. The third kappa shape index (κ3) is 5.22. The number of carbonyl (C=O) groups is 1. The van der Waals surface area contributed by atoms with E-state index in [9.17, 15) is 22.8 Å². The van der Waals surface area contributed by atoms with Crippen molar-refractivity contribution in [3.05, 3.63) is 133 Å². The average Bonchev–Trinajstić information content (AvgIpc) is 2.92. The van der Waals surface area contributed by atoms with E-state index in [0.717, 1.165) is 4.57 Å². The van der Waals surface area contributed by atoms with Crippen molar-refractivity contribution in [3.63, 3.8) is 0 Å². The van der Waals surface area contributed by atoms with Gasteiger partial charge in [-0.2, -0.15) is 0 Å². The van der Waals surface area contributed by atoms with Crippen molar-refractivity contribution in [2.24, 2.45) is 0 Å². The van der Waals surface area contributed by atoms with Crippen LogP contribution in [0.2, 0.25) is 10.0 Å². The Morgan fingerprint density at radius 1 is 0.897 bits per heavy atom. The Kier molecular flexibility index (Phi) is 7.09. The summed E-state index contributed by atoms with van der Waals surface area (Å²) in [6, 6.07) is 19.2. The fraction of sp³-hybridized carbons (Fsp3) is 0.0370. The summed E-state index contributed by atoms with van der Waals surface area (Å²) >= 11 is 12.1. The van der Waals surface area contributed by atoms with Gasteiger partial charge in [0.15, 0.2) is 0 Å². The molecule has 0 spiro atoms. The predicted molar refractivity (Wildman–Crippen MR) is 149 cm³/mol. The summed E-state index contributed by atoms with van der Waals surface area (Å²) in [5.41, 5.74) is -0.646. The first-order valence-corrected chi connectivity index (χ1v) is 13.6. The van der Waals surface area contributed by atoms with Crippen LogP contribution >= 0.6 is 23.2 Å². The molecule has 0 radical (unpaired) electrons. The standard InChI is InChI=1S/C27H18Cl2N4O5S/c28-19-6-9-22(10-7-19)39(37,38)33-26(35)23-11-8-20(29)14-24(23)32(27(33)36)16-17-3-1-4-18(13-17)25(34)31-21-5-2-12-30-15-21/h1-15H,16H2,(H,31,34). The minimum Gasteiger partial charge on any atom is -0.321 e. The number of rotatable bonds is 6. The normalized spacial score (nSPS) is 11.4. The van der Waals surface area contributed by atoms with E-state index in [4.69, 9.17) is 23.2 Å². The maximum atomic E-state index is 13.7. The fourth-order valence-corrected chi connectivity index (χ4v) is 5.63. The molecule has 0 unspecified atom stereocenters. The first-order chi connectivity index (χ1) is 18.6. The van der Waals surface area contributed by atoms with E-state index in [-0.39, 0.29) is 31.3 Å². The third-order valence-corrected chi connectivity index (χ3v) is 8.03. The second kappa shape index (κ2) is 10.5. The summed E-state index contributed by atoms with van der Waals surface area (Å²) < 4.78 is 28.2. The summed E-state index contributed by atoms with van der Waals surface area (Å²) in [7, 11) is -4.58. The number of fused-ring (bicyclic) bond motifs is 1. The number of halogens is 2. The summed E-state index contributed by atoms with van der Waals surface area (Å²) in [6.45, 7) is -0.153. The van der Waals surface area contributed by atoms with Crippen LogP contribution in [-0.4, -0.2) is 27.8 Å². The van der Waals surface area contributed by atoms with Gasteiger partial charge in [0.2, 0.25) is 0 Å². The number of nitrogens with zero attached hydrogens (tertiary/aromatic N) is 3. The van der Waals surface area contributed by atoms with Gasteiger partial charge in [-0.3, -0.25) is 19.1 Å². The summed E-state index contributed by atoms with van der Waals surface area (Å²) in [5.74, 6) is -0.402. The van der Waals surface area contributed by atoms with Gasteiger partial charge in [0, 0.05) is 21.8 Å². The quantitative estimate of drug-likeness (QED) is 0.318. The Bertz CT molecular complexity index is 1960. The van der Waals surface area contributed by atoms with Crippen molar-refractivity contribution in [2.75, 3.05) is 5.32 Å². The number of benzene rings is 3. The van der Waals surface area contributed by atoms with Crippen LogP contribution in [-0.2, 0) is 16.6 Å². The van der Waals surface area contributed by atoms with Gasteiger partial charge in [-0.15, -0.1) is 3.97 Å². The summed E-state index contributed by atoms with van der Waals surface area (Å²) in [6.07, 6.45) is 3.08. The highest BCUT2D eigenvalue weighted by Crippen LogP contribution is 2.20. The molecule has 0 bridgehead atoms. The maximum absolute atomic E-state index is 13.7. The third-order valence-electron chi connectivity index (χ3n) is 5.87. The molecule has 1 N–H and O–H groups in total. The molecule has 9 nitrogen and oxygen atoms in total. The Morgan fingerprint density at radius 2 is 1.64 bits per heavy atom. The predicted octanol–water partition coefficient (Wildman–Crippen LogP) is 4.40. The number of carbonyl (C=O) groups excluding carboxylic acids is 1. The molecule has 0 fully saturated rings. The minimum absolute atomic E-state index is 0.0259. The molecule has 0 atom stereocenters. The van der Waals surface area contributed by atoms with E-state index in [1.165, 1.54) is 48.7 Å². The van der Waals surface area contributed by atoms with E-state index in [1.54, 1.807) is 42.6 Å². The highest BCUT2D eigenvalue weighted by molar-refractivity contribution is 7.90. The smallest absolute Gasteiger partial charge is 0.321 e. The molecule has 5 rings (SSSR count). The molecule has 39 heavy (non-hydrogen) atoms. The number of amides is 1. The Morgan fingerprint density at radius 3 is 2.36 bits per heavy atom. The summed E-state index contributed by atoms with van der Waals surface area (Å²) in [4.78, 5) is 43.5. The molecule has 0 saturated heterocycles. The zero-order valence-electron chi connectivity index (χ0n) is 19.9. The lowest BCUT2D eigenvalue weighted by Gasteiger charge is -2.15. The highest BCUT2D eigenvalue weighted by Gasteiger charge is 2.25. The Hall–Kier alpha value is -4.25. The zero-order chi connectivity index (χ0) is 27.7. The van der Waals surface area contributed by atoms with Crippen molar-refractivity contribution >= 4 is 55.7 Å². The molecule has 2 heterocycles. The second-order valence-electron chi connectivity index (χ2n) is 8.45. The molecule has 196 valence electrons. The lowest BCUT2D eigenvalue weighted by Crippen LogP contribution is -2.44. The number of pyridine rings is 1. The molecule has 1 amide bonds. The first-order valence-electron chi connectivity index (χ1n) is 11.4. The van der Waals surface area contributed by atoms with Gasteiger partial charge in [0.25, 0.3) is 21.5 Å². The molecule has 0 aliphatic heterocycles. The molecular formula is C27H18Cl2N4O5S. The van der Waals surface area contributed by atoms with E-state index in [1.807, 2.05) is 0 Å². The van der Waals surface area contributed by atoms with Crippen LogP contribution in [0.1, 0.15) is 15.9 Å². The van der Waals surface area contributed by atoms with Gasteiger partial charge in [-0.1, -0.05) is 35.3 Å². The summed E-state index contributed by atoms with van der Waals surface area (Å²) in [5, 5.41) is 3.25. The number of hydrogen-bond acceptors (Lipinski definition) is 6. The number of aromatic nitrogens is 3. The monoisotopic (exact) mass is 580 g/mol. The molecular weight excluding hydrogens is 563 g/mol. The van der Waals surface area contributed by atoms with E-state index < -0.39 is 27.2 Å². The molecule has 2 aromatic heterocycles. The van der Waals surface area contributed by atoms with Crippen molar-refractivity contribution in [3.8, 4) is 0 Å². The van der Waals surface area contributed by atoms with Crippen molar-refractivity contribution < 1.29 is 13.2 Å². The van der Waals surface area contributed by atoms with E-state index in [2.05, 4.69) is 10.3 Å². The van der Waals surface area contributed by atoms with Gasteiger partial charge in [0.05, 0.1) is 34.2 Å². The van der Waals surface area contributed by atoms with Gasteiger partial charge in [0.1, 0.15) is 0 Å². The topological polar surface area (TPSA) is 120 Å². The van der Waals surface area contributed by atoms with Gasteiger partial charge in [-0.05, 0) is 72.3 Å². The highest BCUT2D eigenvalue weighted by atomic mass is 35.5. The SMILES string of the molecule is O=C(Nc1cccnc1)c1cccc(Cn2c(=O)n(S(=O)(=O)c3ccc(Cl)cc3)c(=O)c3ccc(Cl)cc32)c1. The molecule has 0 aliphatic rings. The van der Waals surface area contributed by atoms with Crippen molar-refractivity contribution in [2.45, 2.75) is 11.4 Å². The van der Waals surface area contributed by atoms with Crippen molar-refractivity contribution in [1.29, 1.82) is 0 Å². The van der Waals surface area contributed by atoms with Gasteiger partial charge < -0.3 is 5.32 Å². The minimum atomic E-state index is -4.58. The molecule has 12 heteroatoms. The molecule has 0 saturated carbocycles. The van der Waals surface area contributed by atoms with Gasteiger partial charge in [-0.25, -0.2) is 13.2 Å². The van der Waals surface area contributed by atoms with Crippen molar-refractivity contribution in [1.82, 2.24) is 13.5 Å². The van der Waals surface area contributed by atoms with Crippen LogP contribution in [0.4, 0.5) is 5.69 Å². The zero-order valence-corrected chi connectivity index (χ0v) is 22.2. The average molecular weight is 581 g/mol. The van der Waals surface area contributed by atoms with E-state index >= 15 is 0 Å². The Balaban J connectivity index is 1.63.